The Morgan fingerprint density at radius 3 is 2.65 bits per heavy atom. The van der Waals surface area contributed by atoms with Crippen molar-refractivity contribution in [3.8, 4) is 5.75 Å². The first-order valence-electron chi connectivity index (χ1n) is 8.67. The molecule has 3 aromatic rings. The number of H-pyrrole nitrogens is 1. The lowest BCUT2D eigenvalue weighted by Gasteiger charge is -2.08. The summed E-state index contributed by atoms with van der Waals surface area (Å²) >= 11 is 0. The molecule has 0 unspecified atom stereocenters. The number of rotatable bonds is 6. The van der Waals surface area contributed by atoms with E-state index in [1.165, 1.54) is 0 Å². The lowest BCUT2D eigenvalue weighted by Crippen LogP contribution is -2.28. The maximum absolute atomic E-state index is 12.2. The Kier molecular flexibility index (Phi) is 5.37. The Balaban J connectivity index is 1.65. The summed E-state index contributed by atoms with van der Waals surface area (Å²) < 4.78 is 5.39. The van der Waals surface area contributed by atoms with Gasteiger partial charge in [0.1, 0.15) is 5.75 Å². The predicted molar refractivity (Wildman–Crippen MR) is 102 cm³/mol. The van der Waals surface area contributed by atoms with E-state index in [4.69, 9.17) is 4.74 Å². The molecule has 5 heteroatoms. The fourth-order valence-electron chi connectivity index (χ4n) is 2.87. The molecular weight excluding hydrogens is 328 g/mol. The van der Waals surface area contributed by atoms with Crippen LogP contribution in [0.2, 0.25) is 0 Å². The van der Waals surface area contributed by atoms with Gasteiger partial charge in [0.05, 0.1) is 18.5 Å². The zero-order chi connectivity index (χ0) is 18.5. The number of aryl methyl sites for hydroxylation is 1. The molecule has 1 aromatic heterocycles. The van der Waals surface area contributed by atoms with Gasteiger partial charge in [-0.25, -0.2) is 0 Å². The van der Waals surface area contributed by atoms with Crippen molar-refractivity contribution in [2.75, 3.05) is 6.61 Å². The molecule has 0 aliphatic carbocycles. The van der Waals surface area contributed by atoms with Crippen molar-refractivity contribution in [2.45, 2.75) is 26.8 Å². The number of ether oxygens (including phenoxy) is 1. The zero-order valence-electron chi connectivity index (χ0n) is 15.0. The summed E-state index contributed by atoms with van der Waals surface area (Å²) in [6, 6.07) is 15.1. The third-order valence-corrected chi connectivity index (χ3v) is 4.24. The maximum Gasteiger partial charge on any atom is 0.253 e. The van der Waals surface area contributed by atoms with Gasteiger partial charge in [-0.15, -0.1) is 0 Å². The molecule has 26 heavy (non-hydrogen) atoms. The van der Waals surface area contributed by atoms with E-state index >= 15 is 0 Å². The van der Waals surface area contributed by atoms with Crippen LogP contribution in [0.5, 0.6) is 5.75 Å². The summed E-state index contributed by atoms with van der Waals surface area (Å²) in [6.45, 7) is 4.70. The summed E-state index contributed by atoms with van der Waals surface area (Å²) in [5.41, 5.74) is 3.12. The van der Waals surface area contributed by atoms with Crippen LogP contribution in [0.1, 0.15) is 23.6 Å². The number of carbonyl (C=O) groups excluding carboxylic acids is 1. The number of amides is 1. The topological polar surface area (TPSA) is 71.2 Å². The van der Waals surface area contributed by atoms with Crippen LogP contribution in [0.4, 0.5) is 0 Å². The van der Waals surface area contributed by atoms with Gasteiger partial charge in [-0.1, -0.05) is 30.3 Å². The minimum Gasteiger partial charge on any atom is -0.494 e. The first-order chi connectivity index (χ1) is 12.6. The van der Waals surface area contributed by atoms with Gasteiger partial charge in [-0.2, -0.15) is 0 Å². The Bertz CT molecular complexity index is 975. The van der Waals surface area contributed by atoms with Crippen LogP contribution < -0.4 is 15.6 Å². The van der Waals surface area contributed by atoms with E-state index in [-0.39, 0.29) is 24.4 Å². The monoisotopic (exact) mass is 350 g/mol. The minimum absolute atomic E-state index is 0.127. The largest absolute Gasteiger partial charge is 0.494 e. The van der Waals surface area contributed by atoms with Crippen LogP contribution in [0.15, 0.2) is 53.3 Å². The minimum atomic E-state index is -0.173. The van der Waals surface area contributed by atoms with Gasteiger partial charge in [0.2, 0.25) is 5.91 Å². The molecule has 0 fully saturated rings. The van der Waals surface area contributed by atoms with Crippen molar-refractivity contribution >= 4 is 16.8 Å². The van der Waals surface area contributed by atoms with Crippen molar-refractivity contribution in [3.63, 3.8) is 0 Å². The van der Waals surface area contributed by atoms with Crippen LogP contribution in [-0.4, -0.2) is 17.5 Å². The van der Waals surface area contributed by atoms with Gasteiger partial charge in [-0.3, -0.25) is 9.59 Å². The van der Waals surface area contributed by atoms with E-state index in [1.807, 2.05) is 62.4 Å². The van der Waals surface area contributed by atoms with Crippen LogP contribution in [0.3, 0.4) is 0 Å². The molecule has 134 valence electrons. The highest BCUT2D eigenvalue weighted by Gasteiger charge is 2.08. The molecule has 2 aromatic carbocycles. The number of pyridine rings is 1. The number of hydrogen-bond donors (Lipinski definition) is 2. The van der Waals surface area contributed by atoms with Gasteiger partial charge >= 0.3 is 0 Å². The molecule has 0 radical (unpaired) electrons. The third kappa shape index (κ3) is 4.11. The maximum atomic E-state index is 12.2. The lowest BCUT2D eigenvalue weighted by atomic mass is 10.1. The number of aromatic nitrogens is 1. The molecule has 0 aliphatic heterocycles. The summed E-state index contributed by atoms with van der Waals surface area (Å²) in [5, 5.41) is 3.78. The second-order valence-corrected chi connectivity index (χ2v) is 6.19. The van der Waals surface area contributed by atoms with Gasteiger partial charge in [-0.05, 0) is 48.6 Å². The fraction of sp³-hybridized carbons (Fsp3) is 0.238. The normalized spacial score (nSPS) is 10.7. The van der Waals surface area contributed by atoms with Gasteiger partial charge < -0.3 is 15.0 Å². The second kappa shape index (κ2) is 7.87. The number of hydrogen-bond acceptors (Lipinski definition) is 3. The zero-order valence-corrected chi connectivity index (χ0v) is 15.0. The summed E-state index contributed by atoms with van der Waals surface area (Å²) in [7, 11) is 0. The smallest absolute Gasteiger partial charge is 0.253 e. The first-order valence-corrected chi connectivity index (χ1v) is 8.67. The molecule has 5 nitrogen and oxygen atoms in total. The quantitative estimate of drug-likeness (QED) is 0.718. The highest BCUT2D eigenvalue weighted by atomic mass is 16.5. The highest BCUT2D eigenvalue weighted by molar-refractivity contribution is 5.82. The van der Waals surface area contributed by atoms with Crippen LogP contribution >= 0.6 is 0 Å². The van der Waals surface area contributed by atoms with E-state index in [0.29, 0.717) is 12.2 Å². The Morgan fingerprint density at radius 2 is 1.92 bits per heavy atom. The van der Waals surface area contributed by atoms with Crippen molar-refractivity contribution < 1.29 is 9.53 Å². The molecular formula is C21H22N2O3. The van der Waals surface area contributed by atoms with E-state index in [2.05, 4.69) is 10.3 Å². The molecule has 1 heterocycles. The summed E-state index contributed by atoms with van der Waals surface area (Å²) in [6.07, 6.45) is 0.261. The second-order valence-electron chi connectivity index (χ2n) is 6.19. The fourth-order valence-corrected chi connectivity index (χ4v) is 2.87. The average Bonchev–Trinajstić information content (AvgIpc) is 2.63. The SMILES string of the molecule is CCOc1ccc(CC(=O)NCc2cc3cccc(C)c3[nH]c2=O)cc1. The van der Waals surface area contributed by atoms with E-state index in [0.717, 1.165) is 27.8 Å². The third-order valence-electron chi connectivity index (χ3n) is 4.24. The summed E-state index contributed by atoms with van der Waals surface area (Å²) in [5.74, 6) is 0.660. The van der Waals surface area contributed by atoms with E-state index in [1.54, 1.807) is 0 Å². The van der Waals surface area contributed by atoms with Crippen molar-refractivity contribution in [3.05, 3.63) is 75.6 Å². The van der Waals surface area contributed by atoms with E-state index in [9.17, 15) is 9.59 Å². The number of benzene rings is 2. The average molecular weight is 350 g/mol. The van der Waals surface area contributed by atoms with E-state index < -0.39 is 0 Å². The number of fused-ring (bicyclic) bond motifs is 1. The lowest BCUT2D eigenvalue weighted by molar-refractivity contribution is -0.120. The van der Waals surface area contributed by atoms with Crippen molar-refractivity contribution in [1.29, 1.82) is 0 Å². The standard InChI is InChI=1S/C21H22N2O3/c1-3-26-18-9-7-15(8-10-18)11-19(24)22-13-17-12-16-6-4-5-14(2)20(16)23-21(17)25/h4-10,12H,3,11,13H2,1-2H3,(H,22,24)(H,23,25). The van der Waals surface area contributed by atoms with Crippen molar-refractivity contribution in [2.24, 2.45) is 0 Å². The summed E-state index contributed by atoms with van der Waals surface area (Å²) in [4.78, 5) is 27.3. The number of carbonyl (C=O) groups is 1. The molecule has 0 atom stereocenters. The molecule has 1 amide bonds. The first kappa shape index (κ1) is 17.7. The number of nitrogens with one attached hydrogen (secondary N) is 2. The molecule has 3 rings (SSSR count). The Labute approximate surface area is 152 Å². The van der Waals surface area contributed by atoms with Crippen LogP contribution in [0.25, 0.3) is 10.9 Å². The molecule has 0 bridgehead atoms. The van der Waals surface area contributed by atoms with Gasteiger partial charge in [0.15, 0.2) is 0 Å². The van der Waals surface area contributed by atoms with Crippen molar-refractivity contribution in [1.82, 2.24) is 10.3 Å². The molecule has 0 spiro atoms. The molecule has 0 saturated carbocycles. The molecule has 2 N–H and O–H groups in total. The predicted octanol–water partition coefficient (Wildman–Crippen LogP) is 3.09. The van der Waals surface area contributed by atoms with Crippen LogP contribution in [-0.2, 0) is 17.8 Å². The number of aromatic amines is 1. The molecule has 0 saturated heterocycles. The van der Waals surface area contributed by atoms with Gasteiger partial charge in [0, 0.05) is 12.1 Å². The van der Waals surface area contributed by atoms with Gasteiger partial charge in [0.25, 0.3) is 5.56 Å². The van der Waals surface area contributed by atoms with Crippen LogP contribution in [0, 0.1) is 6.92 Å². The Morgan fingerprint density at radius 1 is 1.15 bits per heavy atom. The highest BCUT2D eigenvalue weighted by Crippen LogP contribution is 2.15. The number of para-hydroxylation sites is 1. The molecule has 0 aliphatic rings. The Hall–Kier alpha value is -3.08.